The molecule has 0 amide bonds. The van der Waals surface area contributed by atoms with Gasteiger partial charge in [0.1, 0.15) is 6.07 Å². The van der Waals surface area contributed by atoms with E-state index in [9.17, 15) is 13.2 Å². The lowest BCUT2D eigenvalue weighted by molar-refractivity contribution is -0.137. The monoisotopic (exact) mass is 291 g/mol. The van der Waals surface area contributed by atoms with Gasteiger partial charge in [-0.15, -0.1) is 0 Å². The van der Waals surface area contributed by atoms with Crippen LogP contribution in [0.1, 0.15) is 16.7 Å². The topological polar surface area (TPSA) is 61.8 Å². The highest BCUT2D eigenvalue weighted by Gasteiger charge is 2.30. The van der Waals surface area contributed by atoms with Crippen LogP contribution in [0.3, 0.4) is 0 Å². The molecule has 0 saturated carbocycles. The Morgan fingerprint density at radius 3 is 2.43 bits per heavy atom. The Kier molecular flexibility index (Phi) is 3.76. The largest absolute Gasteiger partial charge is 0.416 e. The lowest BCUT2D eigenvalue weighted by Gasteiger charge is -2.14. The van der Waals surface area contributed by atoms with Crippen molar-refractivity contribution in [3.05, 3.63) is 53.1 Å². The maximum atomic E-state index is 12.6. The van der Waals surface area contributed by atoms with E-state index in [1.807, 2.05) is 0 Å². The summed E-state index contributed by atoms with van der Waals surface area (Å²) in [6.07, 6.45) is -4.44. The van der Waals surface area contributed by atoms with Gasteiger partial charge in [-0.05, 0) is 36.8 Å². The molecule has 0 aromatic heterocycles. The van der Waals surface area contributed by atoms with Crippen LogP contribution in [-0.2, 0) is 6.18 Å². The van der Waals surface area contributed by atoms with Gasteiger partial charge in [0.15, 0.2) is 0 Å². The van der Waals surface area contributed by atoms with E-state index in [0.29, 0.717) is 16.9 Å². The first kappa shape index (κ1) is 14.7. The van der Waals surface area contributed by atoms with E-state index in [1.165, 1.54) is 6.07 Å². The zero-order valence-electron chi connectivity index (χ0n) is 11.1. The second-order valence-corrected chi connectivity index (χ2v) is 4.53. The SMILES string of the molecule is Cc1cccc(Nc2ccc(C(F)(F)F)cc2N)c1C#N. The van der Waals surface area contributed by atoms with Gasteiger partial charge in [0.25, 0.3) is 0 Å². The predicted octanol–water partition coefficient (Wildman–Crippen LogP) is 4.21. The van der Waals surface area contributed by atoms with Crippen molar-refractivity contribution >= 4 is 17.1 Å². The van der Waals surface area contributed by atoms with Gasteiger partial charge in [-0.1, -0.05) is 12.1 Å². The highest BCUT2D eigenvalue weighted by molar-refractivity contribution is 5.76. The highest BCUT2D eigenvalue weighted by atomic mass is 19.4. The number of aryl methyl sites for hydroxylation is 1. The molecule has 2 aromatic rings. The van der Waals surface area contributed by atoms with Crippen LogP contribution in [0.25, 0.3) is 0 Å². The third-order valence-corrected chi connectivity index (χ3v) is 3.03. The summed E-state index contributed by atoms with van der Waals surface area (Å²) < 4.78 is 37.7. The minimum absolute atomic E-state index is 0.0322. The molecular weight excluding hydrogens is 279 g/mol. The molecule has 0 radical (unpaired) electrons. The van der Waals surface area contributed by atoms with E-state index in [0.717, 1.165) is 17.7 Å². The highest BCUT2D eigenvalue weighted by Crippen LogP contribution is 2.34. The number of rotatable bonds is 2. The van der Waals surface area contributed by atoms with Gasteiger partial charge in [0.2, 0.25) is 0 Å². The lowest BCUT2D eigenvalue weighted by atomic mass is 10.1. The summed E-state index contributed by atoms with van der Waals surface area (Å²) in [6, 6.07) is 10.3. The first-order chi connectivity index (χ1) is 9.82. The number of anilines is 3. The molecule has 2 aromatic carbocycles. The molecule has 0 saturated heterocycles. The number of nitrogens with one attached hydrogen (secondary N) is 1. The first-order valence-corrected chi connectivity index (χ1v) is 6.06. The van der Waals surface area contributed by atoms with Gasteiger partial charge < -0.3 is 11.1 Å². The minimum atomic E-state index is -4.44. The Bertz CT molecular complexity index is 715. The Balaban J connectivity index is 2.38. The number of benzene rings is 2. The maximum absolute atomic E-state index is 12.6. The summed E-state index contributed by atoms with van der Waals surface area (Å²) in [5, 5.41) is 12.0. The average molecular weight is 291 g/mol. The number of nitrogen functional groups attached to an aromatic ring is 1. The number of hydrogen-bond acceptors (Lipinski definition) is 3. The van der Waals surface area contributed by atoms with Gasteiger partial charge in [0.05, 0.1) is 28.2 Å². The van der Waals surface area contributed by atoms with E-state index in [4.69, 9.17) is 11.0 Å². The zero-order chi connectivity index (χ0) is 15.6. The molecule has 21 heavy (non-hydrogen) atoms. The van der Waals surface area contributed by atoms with E-state index in [-0.39, 0.29) is 5.69 Å². The summed E-state index contributed by atoms with van der Waals surface area (Å²) >= 11 is 0. The zero-order valence-corrected chi connectivity index (χ0v) is 11.1. The van der Waals surface area contributed by atoms with Crippen molar-refractivity contribution in [2.75, 3.05) is 11.1 Å². The molecule has 2 rings (SSSR count). The minimum Gasteiger partial charge on any atom is -0.397 e. The molecule has 0 unspecified atom stereocenters. The van der Waals surface area contributed by atoms with Crippen LogP contribution in [0.5, 0.6) is 0 Å². The number of halogens is 3. The molecule has 0 aliphatic carbocycles. The van der Waals surface area contributed by atoms with E-state index in [2.05, 4.69) is 11.4 Å². The molecule has 0 aliphatic heterocycles. The summed E-state index contributed by atoms with van der Waals surface area (Å²) in [4.78, 5) is 0. The van der Waals surface area contributed by atoms with Gasteiger partial charge in [0, 0.05) is 0 Å². The quantitative estimate of drug-likeness (QED) is 0.815. The molecule has 0 fully saturated rings. The number of nitriles is 1. The molecule has 0 aliphatic rings. The third-order valence-electron chi connectivity index (χ3n) is 3.03. The first-order valence-electron chi connectivity index (χ1n) is 6.06. The van der Waals surface area contributed by atoms with E-state index >= 15 is 0 Å². The maximum Gasteiger partial charge on any atom is 0.416 e. The van der Waals surface area contributed by atoms with Crippen molar-refractivity contribution < 1.29 is 13.2 Å². The fourth-order valence-electron chi connectivity index (χ4n) is 1.92. The van der Waals surface area contributed by atoms with Crippen LogP contribution in [-0.4, -0.2) is 0 Å². The van der Waals surface area contributed by atoms with E-state index < -0.39 is 11.7 Å². The Morgan fingerprint density at radius 2 is 1.86 bits per heavy atom. The van der Waals surface area contributed by atoms with Crippen LogP contribution in [0.2, 0.25) is 0 Å². The van der Waals surface area contributed by atoms with Crippen molar-refractivity contribution in [3.63, 3.8) is 0 Å². The molecule has 108 valence electrons. The second kappa shape index (κ2) is 5.37. The van der Waals surface area contributed by atoms with Crippen molar-refractivity contribution in [1.82, 2.24) is 0 Å². The molecule has 0 heterocycles. The Hall–Kier alpha value is -2.68. The second-order valence-electron chi connectivity index (χ2n) is 4.53. The Labute approximate surface area is 119 Å². The molecule has 3 nitrogen and oxygen atoms in total. The fraction of sp³-hybridized carbons (Fsp3) is 0.133. The van der Waals surface area contributed by atoms with Crippen LogP contribution < -0.4 is 11.1 Å². The molecule has 0 spiro atoms. The summed E-state index contributed by atoms with van der Waals surface area (Å²) in [6.45, 7) is 1.78. The van der Waals surface area contributed by atoms with Crippen LogP contribution in [0.4, 0.5) is 30.2 Å². The summed E-state index contributed by atoms with van der Waals surface area (Å²) in [7, 11) is 0. The molecule has 3 N–H and O–H groups in total. The molecular formula is C15H12F3N3. The number of nitrogens with zero attached hydrogens (tertiary/aromatic N) is 1. The smallest absolute Gasteiger partial charge is 0.397 e. The normalized spacial score (nSPS) is 11.0. The van der Waals surface area contributed by atoms with Crippen LogP contribution >= 0.6 is 0 Å². The van der Waals surface area contributed by atoms with Crippen LogP contribution in [0, 0.1) is 18.3 Å². The van der Waals surface area contributed by atoms with Crippen molar-refractivity contribution in [1.29, 1.82) is 5.26 Å². The van der Waals surface area contributed by atoms with Gasteiger partial charge in [-0.3, -0.25) is 0 Å². The van der Waals surface area contributed by atoms with Crippen molar-refractivity contribution in [3.8, 4) is 6.07 Å². The van der Waals surface area contributed by atoms with Crippen LogP contribution in [0.15, 0.2) is 36.4 Å². The van der Waals surface area contributed by atoms with Gasteiger partial charge in [-0.2, -0.15) is 18.4 Å². The summed E-state index contributed by atoms with van der Waals surface area (Å²) in [5.74, 6) is 0. The van der Waals surface area contributed by atoms with Gasteiger partial charge >= 0.3 is 6.18 Å². The fourth-order valence-corrected chi connectivity index (χ4v) is 1.92. The number of hydrogen-bond donors (Lipinski definition) is 2. The standard InChI is InChI=1S/C15H12F3N3/c1-9-3-2-4-13(11(9)8-19)21-14-6-5-10(7-12(14)20)15(16,17)18/h2-7,21H,20H2,1H3. The number of alkyl halides is 3. The molecule has 0 atom stereocenters. The van der Waals surface area contributed by atoms with Crippen molar-refractivity contribution in [2.45, 2.75) is 13.1 Å². The van der Waals surface area contributed by atoms with Gasteiger partial charge in [-0.25, -0.2) is 0 Å². The van der Waals surface area contributed by atoms with Crippen molar-refractivity contribution in [2.24, 2.45) is 0 Å². The lowest BCUT2D eigenvalue weighted by Crippen LogP contribution is -2.07. The molecule has 6 heteroatoms. The van der Waals surface area contributed by atoms with E-state index in [1.54, 1.807) is 25.1 Å². The average Bonchev–Trinajstić information content (AvgIpc) is 2.40. The molecule has 0 bridgehead atoms. The third kappa shape index (κ3) is 3.08. The summed E-state index contributed by atoms with van der Waals surface area (Å²) in [5.41, 5.74) is 6.83. The number of nitrogens with two attached hydrogens (primary N) is 1. The Morgan fingerprint density at radius 1 is 1.14 bits per heavy atom. The predicted molar refractivity (Wildman–Crippen MR) is 75.0 cm³/mol.